The highest BCUT2D eigenvalue weighted by molar-refractivity contribution is 6.33. The van der Waals surface area contributed by atoms with E-state index in [0.29, 0.717) is 59.2 Å². The van der Waals surface area contributed by atoms with Crippen molar-refractivity contribution in [3.8, 4) is 11.5 Å². The molecule has 3 aromatic carbocycles. The van der Waals surface area contributed by atoms with Gasteiger partial charge in [-0.3, -0.25) is 9.59 Å². The van der Waals surface area contributed by atoms with E-state index in [1.807, 2.05) is 13.0 Å². The molecule has 0 saturated carbocycles. The lowest BCUT2D eigenvalue weighted by molar-refractivity contribution is -0.121. The third-order valence-corrected chi connectivity index (χ3v) is 5.70. The summed E-state index contributed by atoms with van der Waals surface area (Å²) in [6.45, 7) is 2.72. The van der Waals surface area contributed by atoms with E-state index in [2.05, 4.69) is 15.8 Å². The van der Waals surface area contributed by atoms with Gasteiger partial charge in [0.05, 0.1) is 29.0 Å². The first kappa shape index (κ1) is 28.4. The van der Waals surface area contributed by atoms with Crippen molar-refractivity contribution in [1.29, 1.82) is 0 Å². The first-order chi connectivity index (χ1) is 18.5. The molecule has 8 nitrogen and oxygen atoms in total. The maximum Gasteiger partial charge on any atom is 0.343 e. The van der Waals surface area contributed by atoms with Crippen LogP contribution in [0.2, 0.25) is 5.02 Å². The van der Waals surface area contributed by atoms with Crippen LogP contribution in [-0.4, -0.2) is 37.1 Å². The molecule has 3 rings (SSSR count). The predicted molar refractivity (Wildman–Crippen MR) is 147 cm³/mol. The minimum absolute atomic E-state index is 0.209. The molecule has 2 N–H and O–H groups in total. The molecule has 0 unspecified atom stereocenters. The first-order valence-corrected chi connectivity index (χ1v) is 12.7. The second-order valence-corrected chi connectivity index (χ2v) is 8.64. The van der Waals surface area contributed by atoms with Crippen molar-refractivity contribution in [2.45, 2.75) is 32.6 Å². The van der Waals surface area contributed by atoms with Crippen molar-refractivity contribution in [2.24, 2.45) is 5.10 Å². The summed E-state index contributed by atoms with van der Waals surface area (Å²) >= 11 is 6.02. The van der Waals surface area contributed by atoms with E-state index in [4.69, 9.17) is 21.1 Å². The predicted octanol–water partition coefficient (Wildman–Crippen LogP) is 5.40. The lowest BCUT2D eigenvalue weighted by Gasteiger charge is -2.11. The van der Waals surface area contributed by atoms with E-state index >= 15 is 0 Å². The minimum Gasteiger partial charge on any atom is -0.490 e. The number of unbranched alkanes of at least 4 members (excludes halogenated alkanes) is 2. The van der Waals surface area contributed by atoms with Gasteiger partial charge in [-0.1, -0.05) is 48.4 Å². The third-order valence-electron chi connectivity index (χ3n) is 5.37. The van der Waals surface area contributed by atoms with Gasteiger partial charge in [-0.2, -0.15) is 5.10 Å². The Hall–Kier alpha value is -4.17. The number of hydrogen-bond donors (Lipinski definition) is 2. The summed E-state index contributed by atoms with van der Waals surface area (Å²) in [7, 11) is 0. The molecule has 0 bridgehead atoms. The van der Waals surface area contributed by atoms with Gasteiger partial charge >= 0.3 is 5.97 Å². The van der Waals surface area contributed by atoms with Crippen LogP contribution in [0, 0.1) is 0 Å². The maximum absolute atomic E-state index is 12.4. The Morgan fingerprint density at radius 1 is 0.921 bits per heavy atom. The van der Waals surface area contributed by atoms with Gasteiger partial charge in [0.15, 0.2) is 11.5 Å². The highest BCUT2D eigenvalue weighted by Crippen LogP contribution is 2.29. The number of ether oxygens (including phenoxy) is 2. The number of carbonyl (C=O) groups excluding carboxylic acids is 3. The second kappa shape index (κ2) is 15.2. The normalized spacial score (nSPS) is 10.7. The molecule has 0 radical (unpaired) electrons. The monoisotopic (exact) mass is 535 g/mol. The molecule has 0 aromatic heterocycles. The van der Waals surface area contributed by atoms with Crippen molar-refractivity contribution in [2.75, 3.05) is 13.2 Å². The minimum atomic E-state index is -0.483. The Balaban J connectivity index is 1.39. The average molecular weight is 536 g/mol. The summed E-state index contributed by atoms with van der Waals surface area (Å²) in [6.07, 6.45) is 4.00. The zero-order valence-electron chi connectivity index (χ0n) is 21.1. The van der Waals surface area contributed by atoms with E-state index in [9.17, 15) is 14.4 Å². The number of hydrazone groups is 1. The quantitative estimate of drug-likeness (QED) is 0.100. The van der Waals surface area contributed by atoms with E-state index in [0.717, 1.165) is 12.8 Å². The van der Waals surface area contributed by atoms with Crippen molar-refractivity contribution in [1.82, 2.24) is 10.7 Å². The van der Waals surface area contributed by atoms with Gasteiger partial charge in [0.2, 0.25) is 5.91 Å². The first-order valence-electron chi connectivity index (χ1n) is 12.4. The molecule has 9 heteroatoms. The zero-order chi connectivity index (χ0) is 27.2. The summed E-state index contributed by atoms with van der Waals surface area (Å²) < 4.78 is 11.1. The molecular weight excluding hydrogens is 506 g/mol. The van der Waals surface area contributed by atoms with E-state index in [1.165, 1.54) is 6.21 Å². The van der Waals surface area contributed by atoms with Crippen LogP contribution >= 0.6 is 11.6 Å². The highest BCUT2D eigenvalue weighted by Gasteiger charge is 2.13. The molecule has 0 aliphatic carbocycles. The number of esters is 1. The lowest BCUT2D eigenvalue weighted by Crippen LogP contribution is -2.24. The Kier molecular flexibility index (Phi) is 11.3. The summed E-state index contributed by atoms with van der Waals surface area (Å²) in [5, 5.41) is 7.25. The molecule has 0 aliphatic heterocycles. The Morgan fingerprint density at radius 2 is 1.68 bits per heavy atom. The summed E-state index contributed by atoms with van der Waals surface area (Å²) in [4.78, 5) is 36.6. The number of amides is 2. The standard InChI is InChI=1S/C29H30ClN3O5/c1-2-37-26-19-21(16-17-25(26)38-29(36)22-11-5-3-6-12-22)20-32-33-27(34)15-7-4-10-18-31-28(35)23-13-8-9-14-24(23)30/h3,5-6,8-9,11-14,16-17,19-20H,2,4,7,10,15,18H2,1H3,(H,31,35)(H,33,34)/b32-20+. The van der Waals surface area contributed by atoms with Crippen LogP contribution in [0.15, 0.2) is 77.9 Å². The van der Waals surface area contributed by atoms with Gasteiger partial charge < -0.3 is 14.8 Å². The number of carbonyl (C=O) groups is 3. The molecule has 0 aliphatic rings. The van der Waals surface area contributed by atoms with E-state index in [1.54, 1.807) is 66.7 Å². The van der Waals surface area contributed by atoms with Crippen LogP contribution in [0.1, 0.15) is 58.9 Å². The largest absolute Gasteiger partial charge is 0.490 e. The molecule has 198 valence electrons. The summed E-state index contributed by atoms with van der Waals surface area (Å²) in [5.74, 6) is -0.209. The van der Waals surface area contributed by atoms with E-state index < -0.39 is 5.97 Å². The van der Waals surface area contributed by atoms with Gasteiger partial charge in [0.1, 0.15) is 0 Å². The number of benzene rings is 3. The number of hydrogen-bond acceptors (Lipinski definition) is 6. The SMILES string of the molecule is CCOc1cc(/C=N/NC(=O)CCCCCNC(=O)c2ccccc2Cl)ccc1OC(=O)c1ccccc1. The molecule has 0 saturated heterocycles. The number of nitrogens with zero attached hydrogens (tertiary/aromatic N) is 1. The molecular formula is C29H30ClN3O5. The Labute approximate surface area is 227 Å². The maximum atomic E-state index is 12.4. The van der Waals surface area contributed by atoms with Crippen molar-refractivity contribution in [3.63, 3.8) is 0 Å². The van der Waals surface area contributed by atoms with Gasteiger partial charge in [-0.05, 0) is 67.8 Å². The van der Waals surface area contributed by atoms with Crippen molar-refractivity contribution < 1.29 is 23.9 Å². The lowest BCUT2D eigenvalue weighted by atomic mass is 10.1. The van der Waals surface area contributed by atoms with E-state index in [-0.39, 0.29) is 11.8 Å². The molecule has 0 fully saturated rings. The van der Waals surface area contributed by atoms with Gasteiger partial charge in [0.25, 0.3) is 5.91 Å². The number of rotatable bonds is 13. The van der Waals surface area contributed by atoms with Crippen LogP contribution in [-0.2, 0) is 4.79 Å². The highest BCUT2D eigenvalue weighted by atomic mass is 35.5. The zero-order valence-corrected chi connectivity index (χ0v) is 21.9. The fourth-order valence-corrected chi connectivity index (χ4v) is 3.68. The Morgan fingerprint density at radius 3 is 2.45 bits per heavy atom. The van der Waals surface area contributed by atoms with Gasteiger partial charge in [-0.25, -0.2) is 10.2 Å². The van der Waals surface area contributed by atoms with Crippen LogP contribution in [0.25, 0.3) is 0 Å². The molecule has 38 heavy (non-hydrogen) atoms. The summed E-state index contributed by atoms with van der Waals surface area (Å²) in [5.41, 5.74) is 4.06. The second-order valence-electron chi connectivity index (χ2n) is 8.23. The smallest absolute Gasteiger partial charge is 0.343 e. The molecule has 0 atom stereocenters. The van der Waals surface area contributed by atoms with Gasteiger partial charge in [0, 0.05) is 13.0 Å². The fourth-order valence-electron chi connectivity index (χ4n) is 3.46. The number of nitrogens with one attached hydrogen (secondary N) is 2. The molecule has 0 spiro atoms. The third kappa shape index (κ3) is 9.05. The van der Waals surface area contributed by atoms with Crippen LogP contribution in [0.4, 0.5) is 0 Å². The van der Waals surface area contributed by atoms with Crippen LogP contribution < -0.4 is 20.2 Å². The topological polar surface area (TPSA) is 106 Å². The molecule has 0 heterocycles. The van der Waals surface area contributed by atoms with Gasteiger partial charge in [-0.15, -0.1) is 0 Å². The average Bonchev–Trinajstić information content (AvgIpc) is 2.92. The van der Waals surface area contributed by atoms with Crippen LogP contribution in [0.5, 0.6) is 11.5 Å². The fraction of sp³-hybridized carbons (Fsp3) is 0.241. The van der Waals surface area contributed by atoms with Crippen LogP contribution in [0.3, 0.4) is 0 Å². The summed E-state index contributed by atoms with van der Waals surface area (Å²) in [6, 6.07) is 20.6. The number of halogens is 1. The van der Waals surface area contributed by atoms with Crippen molar-refractivity contribution >= 4 is 35.6 Å². The Bertz CT molecular complexity index is 1260. The molecule has 3 aromatic rings. The molecule has 2 amide bonds. The van der Waals surface area contributed by atoms with Crippen molar-refractivity contribution in [3.05, 3.63) is 94.5 Å².